The van der Waals surface area contributed by atoms with Crippen LogP contribution in [0.4, 0.5) is 5.69 Å². The average Bonchev–Trinajstić information content (AvgIpc) is 3.02. The van der Waals surface area contributed by atoms with Crippen molar-refractivity contribution in [3.63, 3.8) is 0 Å². The Labute approximate surface area is 153 Å². The first-order chi connectivity index (χ1) is 12.3. The van der Waals surface area contributed by atoms with Gasteiger partial charge in [0, 0.05) is 51.7 Å². The van der Waals surface area contributed by atoms with Crippen molar-refractivity contribution in [2.24, 2.45) is 7.05 Å². The summed E-state index contributed by atoms with van der Waals surface area (Å²) in [6.07, 6.45) is 3.47. The topological polar surface area (TPSA) is 96.3 Å². The summed E-state index contributed by atoms with van der Waals surface area (Å²) >= 11 is 0. The molecule has 0 bridgehead atoms. The van der Waals surface area contributed by atoms with E-state index in [2.05, 4.69) is 15.6 Å². The monoisotopic (exact) mass is 377 g/mol. The number of amides is 1. The zero-order valence-electron chi connectivity index (χ0n) is 15.1. The number of nitrogens with one attached hydrogen (secondary N) is 2. The molecular formula is C17H23N5O3S. The number of benzene rings is 1. The standard InChI is InChI=1S/C17H23N5O3S/c1-12-4-5-14(20-13(2)23)10-16(12)26(24,25)22-9-6-18-11-15(22)17-19-7-8-21(17)3/h4-5,7-8,10,15,18H,6,9,11H2,1-3H3,(H,20,23). The fourth-order valence-corrected chi connectivity index (χ4v) is 5.02. The number of hydrogen-bond acceptors (Lipinski definition) is 5. The number of anilines is 1. The van der Waals surface area contributed by atoms with Crippen LogP contribution in [0, 0.1) is 6.92 Å². The summed E-state index contributed by atoms with van der Waals surface area (Å²) in [5, 5.41) is 5.88. The molecule has 0 spiro atoms. The van der Waals surface area contributed by atoms with Crippen LogP contribution in [-0.4, -0.2) is 47.8 Å². The largest absolute Gasteiger partial charge is 0.337 e. The lowest BCUT2D eigenvalue weighted by Gasteiger charge is -2.35. The van der Waals surface area contributed by atoms with E-state index in [0.29, 0.717) is 36.7 Å². The molecular weight excluding hydrogens is 354 g/mol. The molecule has 0 saturated carbocycles. The summed E-state index contributed by atoms with van der Waals surface area (Å²) in [5.41, 5.74) is 1.10. The number of carbonyl (C=O) groups excluding carboxylic acids is 1. The summed E-state index contributed by atoms with van der Waals surface area (Å²) in [6, 6.07) is 4.53. The van der Waals surface area contributed by atoms with E-state index in [1.807, 2.05) is 11.6 Å². The van der Waals surface area contributed by atoms with Crippen LogP contribution in [0.5, 0.6) is 0 Å². The van der Waals surface area contributed by atoms with E-state index in [0.717, 1.165) is 0 Å². The zero-order chi connectivity index (χ0) is 18.9. The highest BCUT2D eigenvalue weighted by Gasteiger charge is 2.37. The molecule has 1 saturated heterocycles. The van der Waals surface area contributed by atoms with Crippen LogP contribution >= 0.6 is 0 Å². The molecule has 1 atom stereocenters. The summed E-state index contributed by atoms with van der Waals surface area (Å²) in [6.45, 7) is 4.56. The molecule has 0 aliphatic carbocycles. The molecule has 1 aliphatic heterocycles. The average molecular weight is 377 g/mol. The van der Waals surface area contributed by atoms with Gasteiger partial charge in [0.2, 0.25) is 15.9 Å². The highest BCUT2D eigenvalue weighted by molar-refractivity contribution is 7.89. The van der Waals surface area contributed by atoms with E-state index in [-0.39, 0.29) is 10.8 Å². The number of rotatable bonds is 4. The molecule has 1 aliphatic rings. The van der Waals surface area contributed by atoms with Crippen molar-refractivity contribution in [2.75, 3.05) is 25.0 Å². The molecule has 26 heavy (non-hydrogen) atoms. The van der Waals surface area contributed by atoms with E-state index in [4.69, 9.17) is 0 Å². The third-order valence-electron chi connectivity index (χ3n) is 4.45. The van der Waals surface area contributed by atoms with Crippen LogP contribution in [0.2, 0.25) is 0 Å². The zero-order valence-corrected chi connectivity index (χ0v) is 15.9. The van der Waals surface area contributed by atoms with E-state index in [1.165, 1.54) is 17.3 Å². The smallest absolute Gasteiger partial charge is 0.244 e. The van der Waals surface area contributed by atoms with Gasteiger partial charge in [-0.3, -0.25) is 4.79 Å². The first-order valence-corrected chi connectivity index (χ1v) is 9.82. The molecule has 1 aromatic heterocycles. The lowest BCUT2D eigenvalue weighted by atomic mass is 10.2. The predicted octanol–water partition coefficient (Wildman–Crippen LogP) is 1.02. The van der Waals surface area contributed by atoms with Crippen LogP contribution in [0.15, 0.2) is 35.5 Å². The summed E-state index contributed by atoms with van der Waals surface area (Å²) in [4.78, 5) is 15.9. The number of carbonyl (C=O) groups is 1. The number of nitrogens with zero attached hydrogens (tertiary/aromatic N) is 3. The normalized spacial score (nSPS) is 18.7. The van der Waals surface area contributed by atoms with Crippen LogP contribution in [0.1, 0.15) is 24.4 Å². The van der Waals surface area contributed by atoms with Gasteiger partial charge in [0.25, 0.3) is 0 Å². The van der Waals surface area contributed by atoms with Gasteiger partial charge in [-0.1, -0.05) is 6.07 Å². The number of aromatic nitrogens is 2. The minimum atomic E-state index is -3.75. The van der Waals surface area contributed by atoms with E-state index in [1.54, 1.807) is 31.5 Å². The van der Waals surface area contributed by atoms with Gasteiger partial charge in [-0.05, 0) is 24.6 Å². The quantitative estimate of drug-likeness (QED) is 0.829. The van der Waals surface area contributed by atoms with E-state index >= 15 is 0 Å². The van der Waals surface area contributed by atoms with Crippen LogP contribution in [-0.2, 0) is 21.9 Å². The van der Waals surface area contributed by atoms with Crippen molar-refractivity contribution < 1.29 is 13.2 Å². The number of imidazole rings is 1. The Morgan fingerprint density at radius 1 is 1.38 bits per heavy atom. The van der Waals surface area contributed by atoms with Crippen molar-refractivity contribution in [1.82, 2.24) is 19.2 Å². The molecule has 2 heterocycles. The van der Waals surface area contributed by atoms with Gasteiger partial charge in [-0.15, -0.1) is 0 Å². The second-order valence-corrected chi connectivity index (χ2v) is 8.25. The van der Waals surface area contributed by atoms with Gasteiger partial charge in [0.1, 0.15) is 5.82 Å². The maximum Gasteiger partial charge on any atom is 0.244 e. The highest BCUT2D eigenvalue weighted by Crippen LogP contribution is 2.30. The van der Waals surface area contributed by atoms with Crippen LogP contribution in [0.25, 0.3) is 0 Å². The third-order valence-corrected chi connectivity index (χ3v) is 6.50. The van der Waals surface area contributed by atoms with Crippen molar-refractivity contribution in [2.45, 2.75) is 24.8 Å². The van der Waals surface area contributed by atoms with Crippen molar-refractivity contribution >= 4 is 21.6 Å². The Morgan fingerprint density at radius 2 is 2.15 bits per heavy atom. The molecule has 1 aromatic carbocycles. The molecule has 1 amide bonds. The predicted molar refractivity (Wildman–Crippen MR) is 98.2 cm³/mol. The number of aryl methyl sites for hydroxylation is 2. The summed E-state index contributed by atoms with van der Waals surface area (Å²) < 4.78 is 30.1. The fraction of sp³-hybridized carbons (Fsp3) is 0.412. The van der Waals surface area contributed by atoms with Crippen LogP contribution < -0.4 is 10.6 Å². The fourth-order valence-electron chi connectivity index (χ4n) is 3.18. The van der Waals surface area contributed by atoms with Crippen molar-refractivity contribution in [3.05, 3.63) is 42.0 Å². The van der Waals surface area contributed by atoms with Crippen molar-refractivity contribution in [3.8, 4) is 0 Å². The number of hydrogen-bond donors (Lipinski definition) is 2. The molecule has 140 valence electrons. The SMILES string of the molecule is CC(=O)Nc1ccc(C)c(S(=O)(=O)N2CCNCC2c2nccn2C)c1. The molecule has 1 fully saturated rings. The Hall–Kier alpha value is -2.23. The molecule has 2 N–H and O–H groups in total. The molecule has 1 unspecified atom stereocenters. The number of sulfonamides is 1. The maximum atomic E-state index is 13.4. The molecule has 8 nitrogen and oxygen atoms in total. The molecule has 0 radical (unpaired) electrons. The van der Waals surface area contributed by atoms with Gasteiger partial charge in [0.05, 0.1) is 10.9 Å². The third kappa shape index (κ3) is 3.50. The Morgan fingerprint density at radius 3 is 2.81 bits per heavy atom. The molecule has 3 rings (SSSR count). The Kier molecular flexibility index (Phi) is 5.12. The van der Waals surface area contributed by atoms with Gasteiger partial charge in [0.15, 0.2) is 0 Å². The number of piperazine rings is 1. The first kappa shape index (κ1) is 18.6. The highest BCUT2D eigenvalue weighted by atomic mass is 32.2. The van der Waals surface area contributed by atoms with Gasteiger partial charge in [-0.2, -0.15) is 4.31 Å². The Bertz CT molecular complexity index is 922. The molecule has 2 aromatic rings. The van der Waals surface area contributed by atoms with E-state index < -0.39 is 16.1 Å². The summed E-state index contributed by atoms with van der Waals surface area (Å²) in [5.74, 6) is 0.446. The second kappa shape index (κ2) is 7.18. The van der Waals surface area contributed by atoms with Crippen LogP contribution in [0.3, 0.4) is 0 Å². The lowest BCUT2D eigenvalue weighted by Crippen LogP contribution is -2.49. The summed E-state index contributed by atoms with van der Waals surface area (Å²) in [7, 11) is -1.90. The molecule has 9 heteroatoms. The lowest BCUT2D eigenvalue weighted by molar-refractivity contribution is -0.114. The minimum absolute atomic E-state index is 0.199. The van der Waals surface area contributed by atoms with Crippen molar-refractivity contribution in [1.29, 1.82) is 0 Å². The second-order valence-electron chi connectivity index (χ2n) is 6.39. The maximum absolute atomic E-state index is 13.4. The first-order valence-electron chi connectivity index (χ1n) is 8.38. The van der Waals surface area contributed by atoms with Gasteiger partial charge >= 0.3 is 0 Å². The van der Waals surface area contributed by atoms with Gasteiger partial charge < -0.3 is 15.2 Å². The Balaban J connectivity index is 2.03. The van der Waals surface area contributed by atoms with E-state index in [9.17, 15) is 13.2 Å². The van der Waals surface area contributed by atoms with Gasteiger partial charge in [-0.25, -0.2) is 13.4 Å². The minimum Gasteiger partial charge on any atom is -0.337 e.